The Morgan fingerprint density at radius 1 is 1.00 bits per heavy atom. The molecule has 0 aliphatic heterocycles. The van der Waals surface area contributed by atoms with Gasteiger partial charge in [-0.05, 0) is 55.8 Å². The first-order chi connectivity index (χ1) is 13.0. The average Bonchev–Trinajstić information content (AvgIpc) is 2.65. The zero-order valence-electron chi connectivity index (χ0n) is 15.2. The number of methoxy groups -OCH3 is 1. The van der Waals surface area contributed by atoms with Crippen LogP contribution in [0.2, 0.25) is 5.02 Å². The molecule has 7 heteroatoms. The van der Waals surface area contributed by atoms with Crippen LogP contribution in [0, 0.1) is 13.8 Å². The summed E-state index contributed by atoms with van der Waals surface area (Å²) in [5.41, 5.74) is 3.11. The summed E-state index contributed by atoms with van der Waals surface area (Å²) in [7, 11) is 1.36. The molecule has 1 aromatic heterocycles. The Balaban J connectivity index is 1.81. The average molecular weight is 383 g/mol. The Morgan fingerprint density at radius 3 is 2.33 bits per heavy atom. The first kappa shape index (κ1) is 18.7. The number of rotatable bonds is 5. The fourth-order valence-electron chi connectivity index (χ4n) is 2.53. The van der Waals surface area contributed by atoms with Crippen molar-refractivity contribution in [1.82, 2.24) is 9.97 Å². The fraction of sp³-hybridized carbons (Fsp3) is 0.150. The van der Waals surface area contributed by atoms with Crippen LogP contribution in [-0.2, 0) is 4.74 Å². The molecule has 0 unspecified atom stereocenters. The number of nitrogens with one attached hydrogen (secondary N) is 2. The molecule has 3 aromatic rings. The third-order valence-corrected chi connectivity index (χ3v) is 4.36. The van der Waals surface area contributed by atoms with Gasteiger partial charge >= 0.3 is 5.97 Å². The zero-order chi connectivity index (χ0) is 19.4. The van der Waals surface area contributed by atoms with Crippen molar-refractivity contribution in [2.45, 2.75) is 13.8 Å². The summed E-state index contributed by atoms with van der Waals surface area (Å²) in [5.74, 6) is 1.54. The minimum Gasteiger partial charge on any atom is -0.465 e. The molecule has 1 heterocycles. The molecular weight excluding hydrogens is 364 g/mol. The minimum absolute atomic E-state index is 0.372. The summed E-state index contributed by atoms with van der Waals surface area (Å²) in [6.45, 7) is 3.77. The molecule has 0 radical (unpaired) electrons. The lowest BCUT2D eigenvalue weighted by atomic mass is 10.2. The maximum atomic E-state index is 11.5. The topological polar surface area (TPSA) is 76.1 Å². The molecule has 0 saturated heterocycles. The van der Waals surface area contributed by atoms with Crippen molar-refractivity contribution in [3.8, 4) is 0 Å². The van der Waals surface area contributed by atoms with Gasteiger partial charge in [0, 0.05) is 22.5 Å². The van der Waals surface area contributed by atoms with Gasteiger partial charge in [-0.15, -0.1) is 0 Å². The largest absolute Gasteiger partial charge is 0.465 e. The van der Waals surface area contributed by atoms with Crippen molar-refractivity contribution >= 4 is 40.6 Å². The van der Waals surface area contributed by atoms with E-state index >= 15 is 0 Å². The third kappa shape index (κ3) is 4.54. The molecular formula is C20H19ClN4O2. The molecule has 3 rings (SSSR count). The second-order valence-corrected chi connectivity index (χ2v) is 6.32. The van der Waals surface area contributed by atoms with Gasteiger partial charge in [-0.25, -0.2) is 14.8 Å². The molecule has 0 aliphatic carbocycles. The molecule has 0 bridgehead atoms. The Morgan fingerprint density at radius 2 is 1.67 bits per heavy atom. The third-order valence-electron chi connectivity index (χ3n) is 3.95. The molecule has 6 nitrogen and oxygen atoms in total. The number of carbonyl (C=O) groups excluding carboxylic acids is 1. The highest BCUT2D eigenvalue weighted by Gasteiger charge is 2.08. The van der Waals surface area contributed by atoms with E-state index in [0.717, 1.165) is 16.9 Å². The number of carbonyl (C=O) groups is 1. The first-order valence-electron chi connectivity index (χ1n) is 8.29. The maximum Gasteiger partial charge on any atom is 0.337 e. The number of halogens is 1. The lowest BCUT2D eigenvalue weighted by molar-refractivity contribution is 0.0601. The van der Waals surface area contributed by atoms with Crippen LogP contribution in [0.4, 0.5) is 23.0 Å². The molecule has 0 atom stereocenters. The normalized spacial score (nSPS) is 10.4. The van der Waals surface area contributed by atoms with Crippen molar-refractivity contribution in [1.29, 1.82) is 0 Å². The standard InChI is InChI=1S/C20H19ClN4O2/c1-12-16(21)5-4-6-17(12)25-19-11-18(22-13(2)23-19)24-15-9-7-14(8-10-15)20(26)27-3/h4-11H,1-3H3,(H2,22,23,24,25). The number of benzene rings is 2. The summed E-state index contributed by atoms with van der Waals surface area (Å²) >= 11 is 6.18. The predicted octanol–water partition coefficient (Wildman–Crippen LogP) is 5.02. The van der Waals surface area contributed by atoms with Gasteiger partial charge in [0.2, 0.25) is 0 Å². The molecule has 0 aliphatic rings. The highest BCUT2D eigenvalue weighted by molar-refractivity contribution is 6.31. The Bertz CT molecular complexity index is 974. The molecule has 0 fully saturated rings. The number of esters is 1. The number of aromatic nitrogens is 2. The quantitative estimate of drug-likeness (QED) is 0.603. The van der Waals surface area contributed by atoms with Crippen molar-refractivity contribution < 1.29 is 9.53 Å². The van der Waals surface area contributed by atoms with E-state index in [1.165, 1.54) is 7.11 Å². The van der Waals surface area contributed by atoms with Crippen LogP contribution < -0.4 is 10.6 Å². The van der Waals surface area contributed by atoms with Crippen LogP contribution in [-0.4, -0.2) is 23.0 Å². The highest BCUT2D eigenvalue weighted by Crippen LogP contribution is 2.26. The zero-order valence-corrected chi connectivity index (χ0v) is 16.0. The summed E-state index contributed by atoms with van der Waals surface area (Å²) in [5, 5.41) is 7.18. The Hall–Kier alpha value is -3.12. The van der Waals surface area contributed by atoms with Crippen LogP contribution in [0.5, 0.6) is 0 Å². The number of aryl methyl sites for hydroxylation is 1. The SMILES string of the molecule is COC(=O)c1ccc(Nc2cc(Nc3cccc(Cl)c3C)nc(C)n2)cc1. The van der Waals surface area contributed by atoms with E-state index in [1.54, 1.807) is 24.3 Å². The van der Waals surface area contributed by atoms with Gasteiger partial charge in [0.15, 0.2) is 0 Å². The lowest BCUT2D eigenvalue weighted by Crippen LogP contribution is -2.03. The monoisotopic (exact) mass is 382 g/mol. The van der Waals surface area contributed by atoms with Gasteiger partial charge in [0.25, 0.3) is 0 Å². The van der Waals surface area contributed by atoms with E-state index < -0.39 is 0 Å². The van der Waals surface area contributed by atoms with Gasteiger partial charge in [0.05, 0.1) is 12.7 Å². The fourth-order valence-corrected chi connectivity index (χ4v) is 2.71. The van der Waals surface area contributed by atoms with E-state index in [1.807, 2.05) is 38.1 Å². The van der Waals surface area contributed by atoms with Gasteiger partial charge < -0.3 is 15.4 Å². The van der Waals surface area contributed by atoms with Crippen LogP contribution in [0.3, 0.4) is 0 Å². The minimum atomic E-state index is -0.372. The second kappa shape index (κ2) is 8.05. The van der Waals surface area contributed by atoms with Crippen molar-refractivity contribution in [3.05, 3.63) is 70.5 Å². The first-order valence-corrected chi connectivity index (χ1v) is 8.67. The van der Waals surface area contributed by atoms with Gasteiger partial charge in [0.1, 0.15) is 17.5 Å². The van der Waals surface area contributed by atoms with Crippen molar-refractivity contribution in [2.75, 3.05) is 17.7 Å². The molecule has 2 N–H and O–H groups in total. The van der Waals surface area contributed by atoms with Crippen molar-refractivity contribution in [2.24, 2.45) is 0 Å². The van der Waals surface area contributed by atoms with Gasteiger partial charge in [-0.3, -0.25) is 0 Å². The predicted molar refractivity (Wildman–Crippen MR) is 107 cm³/mol. The lowest BCUT2D eigenvalue weighted by Gasteiger charge is -2.12. The summed E-state index contributed by atoms with van der Waals surface area (Å²) < 4.78 is 4.70. The molecule has 0 saturated carbocycles. The van der Waals surface area contributed by atoms with E-state index in [9.17, 15) is 4.79 Å². The molecule has 27 heavy (non-hydrogen) atoms. The number of hydrogen-bond donors (Lipinski definition) is 2. The highest BCUT2D eigenvalue weighted by atomic mass is 35.5. The van der Waals surface area contributed by atoms with Crippen LogP contribution >= 0.6 is 11.6 Å². The molecule has 138 valence electrons. The maximum absolute atomic E-state index is 11.5. The number of anilines is 4. The number of ether oxygens (including phenoxy) is 1. The van der Waals surface area contributed by atoms with Gasteiger partial charge in [-0.2, -0.15) is 0 Å². The molecule has 2 aromatic carbocycles. The van der Waals surface area contributed by atoms with E-state index in [0.29, 0.717) is 28.0 Å². The number of nitrogens with zero attached hydrogens (tertiary/aromatic N) is 2. The van der Waals surface area contributed by atoms with E-state index in [-0.39, 0.29) is 5.97 Å². The molecule has 0 amide bonds. The van der Waals surface area contributed by atoms with E-state index in [2.05, 4.69) is 20.6 Å². The van der Waals surface area contributed by atoms with Crippen LogP contribution in [0.25, 0.3) is 0 Å². The smallest absolute Gasteiger partial charge is 0.337 e. The van der Waals surface area contributed by atoms with Gasteiger partial charge in [-0.1, -0.05) is 17.7 Å². The molecule has 0 spiro atoms. The summed E-state index contributed by atoms with van der Waals surface area (Å²) in [4.78, 5) is 20.3. The van der Waals surface area contributed by atoms with E-state index in [4.69, 9.17) is 16.3 Å². The number of hydrogen-bond acceptors (Lipinski definition) is 6. The van der Waals surface area contributed by atoms with Crippen molar-refractivity contribution in [3.63, 3.8) is 0 Å². The summed E-state index contributed by atoms with van der Waals surface area (Å²) in [6.07, 6.45) is 0. The summed E-state index contributed by atoms with van der Waals surface area (Å²) in [6, 6.07) is 14.4. The van der Waals surface area contributed by atoms with Crippen LogP contribution in [0.15, 0.2) is 48.5 Å². The Kier molecular flexibility index (Phi) is 5.57. The second-order valence-electron chi connectivity index (χ2n) is 5.92. The van der Waals surface area contributed by atoms with Crippen LogP contribution in [0.1, 0.15) is 21.7 Å². The Labute approximate surface area is 162 Å².